The van der Waals surface area contributed by atoms with Crippen molar-refractivity contribution in [2.24, 2.45) is 0 Å². The van der Waals surface area contributed by atoms with Crippen LogP contribution < -0.4 is 4.90 Å². The van der Waals surface area contributed by atoms with Gasteiger partial charge in [0.1, 0.15) is 17.2 Å². The van der Waals surface area contributed by atoms with E-state index < -0.39 is 23.7 Å². The summed E-state index contributed by atoms with van der Waals surface area (Å²) in [7, 11) is 0. The number of ketones is 1. The molecule has 1 amide bonds. The van der Waals surface area contributed by atoms with Crippen molar-refractivity contribution in [3.05, 3.63) is 98.5 Å². The Labute approximate surface area is 217 Å². The number of hydrogen-bond acceptors (Lipinski definition) is 7. The summed E-state index contributed by atoms with van der Waals surface area (Å²) in [6.45, 7) is 8.85. The fourth-order valence-electron chi connectivity index (χ4n) is 4.03. The molecule has 1 fully saturated rings. The van der Waals surface area contributed by atoms with Gasteiger partial charge in [0.2, 0.25) is 0 Å². The maximum Gasteiger partial charge on any atom is 0.350 e. The van der Waals surface area contributed by atoms with Crippen LogP contribution in [-0.4, -0.2) is 34.4 Å². The van der Waals surface area contributed by atoms with Crippen LogP contribution >= 0.6 is 22.9 Å². The van der Waals surface area contributed by atoms with Gasteiger partial charge in [-0.3, -0.25) is 14.5 Å². The summed E-state index contributed by atoms with van der Waals surface area (Å²) < 4.78 is 5.13. The number of aryl methyl sites for hydroxylation is 3. The van der Waals surface area contributed by atoms with E-state index in [1.807, 2.05) is 26.0 Å². The smallest absolute Gasteiger partial charge is 0.350 e. The Bertz CT molecular complexity index is 1440. The molecule has 184 valence electrons. The predicted octanol–water partition coefficient (Wildman–Crippen LogP) is 5.69. The van der Waals surface area contributed by atoms with E-state index in [0.29, 0.717) is 21.8 Å². The molecule has 0 aliphatic carbocycles. The molecule has 4 rings (SSSR count). The molecule has 9 heteroatoms. The Morgan fingerprint density at radius 3 is 2.67 bits per heavy atom. The molecule has 2 heterocycles. The van der Waals surface area contributed by atoms with Gasteiger partial charge in [-0.05, 0) is 50.1 Å². The Morgan fingerprint density at radius 1 is 1.22 bits per heavy atom. The molecule has 1 aliphatic rings. The van der Waals surface area contributed by atoms with Crippen LogP contribution in [0, 0.1) is 20.8 Å². The number of aromatic nitrogens is 1. The summed E-state index contributed by atoms with van der Waals surface area (Å²) in [6.07, 6.45) is 1.44. The fraction of sp³-hybridized carbons (Fsp3) is 0.185. The van der Waals surface area contributed by atoms with Crippen LogP contribution in [0.2, 0.25) is 5.02 Å². The monoisotopic (exact) mass is 522 g/mol. The maximum absolute atomic E-state index is 13.4. The molecule has 1 atom stereocenters. The zero-order valence-electron chi connectivity index (χ0n) is 19.9. The number of ether oxygens (including phenoxy) is 1. The largest absolute Gasteiger partial charge is 0.507 e. The standard InChI is InChI=1S/C27H23ClN2O5S/c1-5-11-35-26(34)24-16(4)29-27(36-24)30-21(17-7-6-8-18(28)13-17)20(23(32)25(30)33)22(31)19-12-14(2)9-10-15(19)3/h5-10,12-13,21,31H,1,11H2,2-4H3/b22-20+. The van der Waals surface area contributed by atoms with Crippen molar-refractivity contribution in [1.82, 2.24) is 4.98 Å². The molecule has 7 nitrogen and oxygen atoms in total. The van der Waals surface area contributed by atoms with Gasteiger partial charge >= 0.3 is 11.9 Å². The molecular weight excluding hydrogens is 500 g/mol. The number of hydrogen-bond donors (Lipinski definition) is 1. The minimum atomic E-state index is -1.01. The van der Waals surface area contributed by atoms with Crippen molar-refractivity contribution in [2.45, 2.75) is 26.8 Å². The van der Waals surface area contributed by atoms with Gasteiger partial charge in [-0.1, -0.05) is 65.4 Å². The maximum atomic E-state index is 13.4. The summed E-state index contributed by atoms with van der Waals surface area (Å²) in [4.78, 5) is 45.0. The van der Waals surface area contributed by atoms with Gasteiger partial charge in [0.25, 0.3) is 5.78 Å². The highest BCUT2D eigenvalue weighted by molar-refractivity contribution is 7.17. The second-order valence-corrected chi connectivity index (χ2v) is 9.75. The van der Waals surface area contributed by atoms with Crippen LogP contribution in [-0.2, 0) is 14.3 Å². The van der Waals surface area contributed by atoms with Gasteiger partial charge in [-0.25, -0.2) is 9.78 Å². The van der Waals surface area contributed by atoms with E-state index >= 15 is 0 Å². The highest BCUT2D eigenvalue weighted by Crippen LogP contribution is 2.44. The third-order valence-electron chi connectivity index (χ3n) is 5.77. The lowest BCUT2D eigenvalue weighted by Crippen LogP contribution is -2.29. The van der Waals surface area contributed by atoms with Crippen molar-refractivity contribution in [1.29, 1.82) is 0 Å². The third kappa shape index (κ3) is 4.57. The SMILES string of the molecule is C=CCOC(=O)c1sc(N2C(=O)C(=O)/C(=C(/O)c3cc(C)ccc3C)C2c2cccc(Cl)c2)nc1C. The number of nitrogens with zero attached hydrogens (tertiary/aromatic N) is 2. The van der Waals surface area contributed by atoms with Crippen LogP contribution in [0.25, 0.3) is 5.76 Å². The van der Waals surface area contributed by atoms with Gasteiger partial charge in [0.15, 0.2) is 5.13 Å². The summed E-state index contributed by atoms with van der Waals surface area (Å²) in [5.74, 6) is -2.63. The second-order valence-electron chi connectivity index (χ2n) is 8.34. The molecule has 1 aliphatic heterocycles. The van der Waals surface area contributed by atoms with Crippen molar-refractivity contribution in [2.75, 3.05) is 11.5 Å². The number of aliphatic hydroxyl groups is 1. The molecular formula is C27H23ClN2O5S. The molecule has 36 heavy (non-hydrogen) atoms. The van der Waals surface area contributed by atoms with Crippen LogP contribution in [0.1, 0.15) is 43.7 Å². The Hall–Kier alpha value is -3.75. The van der Waals surface area contributed by atoms with E-state index in [1.54, 1.807) is 37.3 Å². The number of aliphatic hydroxyl groups excluding tert-OH is 1. The van der Waals surface area contributed by atoms with Gasteiger partial charge < -0.3 is 9.84 Å². The molecule has 0 radical (unpaired) electrons. The number of thiazole rings is 1. The van der Waals surface area contributed by atoms with E-state index in [0.717, 1.165) is 22.5 Å². The van der Waals surface area contributed by atoms with E-state index in [-0.39, 0.29) is 27.9 Å². The lowest BCUT2D eigenvalue weighted by Gasteiger charge is -2.23. The number of anilines is 1. The molecule has 3 aromatic rings. The number of carbonyl (C=O) groups excluding carboxylic acids is 3. The molecule has 1 saturated heterocycles. The normalized spacial score (nSPS) is 16.9. The zero-order valence-corrected chi connectivity index (χ0v) is 21.4. The number of halogens is 1. The van der Waals surface area contributed by atoms with Crippen LogP contribution in [0.15, 0.2) is 60.7 Å². The highest BCUT2D eigenvalue weighted by atomic mass is 35.5. The first-order valence-corrected chi connectivity index (χ1v) is 12.2. The molecule has 2 aromatic carbocycles. The van der Waals surface area contributed by atoms with Gasteiger partial charge in [-0.2, -0.15) is 0 Å². The first kappa shape index (κ1) is 25.3. The Balaban J connectivity index is 1.92. The van der Waals surface area contributed by atoms with E-state index in [4.69, 9.17) is 16.3 Å². The Kier molecular flexibility index (Phi) is 7.10. The summed E-state index contributed by atoms with van der Waals surface area (Å²) in [6, 6.07) is 11.2. The topological polar surface area (TPSA) is 96.8 Å². The molecule has 0 spiro atoms. The fourth-order valence-corrected chi connectivity index (χ4v) is 5.22. The lowest BCUT2D eigenvalue weighted by atomic mass is 9.93. The van der Waals surface area contributed by atoms with E-state index in [2.05, 4.69) is 11.6 Å². The minimum absolute atomic E-state index is 0.0222. The quantitative estimate of drug-likeness (QED) is 0.147. The number of rotatable bonds is 6. The number of carbonyl (C=O) groups is 3. The van der Waals surface area contributed by atoms with Gasteiger partial charge in [0.05, 0.1) is 17.3 Å². The molecule has 1 N–H and O–H groups in total. The van der Waals surface area contributed by atoms with Crippen molar-refractivity contribution < 1.29 is 24.2 Å². The van der Waals surface area contributed by atoms with Crippen LogP contribution in [0.3, 0.4) is 0 Å². The summed E-state index contributed by atoms with van der Waals surface area (Å²) in [5.41, 5.74) is 2.85. The van der Waals surface area contributed by atoms with Gasteiger partial charge in [-0.15, -0.1) is 0 Å². The van der Waals surface area contributed by atoms with Crippen LogP contribution in [0.4, 0.5) is 5.13 Å². The van der Waals surface area contributed by atoms with E-state index in [1.165, 1.54) is 11.0 Å². The predicted molar refractivity (Wildman–Crippen MR) is 139 cm³/mol. The van der Waals surface area contributed by atoms with Crippen molar-refractivity contribution >= 4 is 51.5 Å². The first-order chi connectivity index (χ1) is 17.1. The van der Waals surface area contributed by atoms with Crippen molar-refractivity contribution in [3.8, 4) is 0 Å². The van der Waals surface area contributed by atoms with Crippen LogP contribution in [0.5, 0.6) is 0 Å². The average Bonchev–Trinajstić information content (AvgIpc) is 3.35. The highest BCUT2D eigenvalue weighted by Gasteiger charge is 2.48. The molecule has 0 bridgehead atoms. The summed E-state index contributed by atoms with van der Waals surface area (Å²) >= 11 is 7.18. The van der Waals surface area contributed by atoms with E-state index in [9.17, 15) is 19.5 Å². The first-order valence-electron chi connectivity index (χ1n) is 11.0. The summed E-state index contributed by atoms with van der Waals surface area (Å²) in [5, 5.41) is 11.9. The number of Topliss-reactive ketones (excluding diaryl/α,β-unsaturated/α-hetero) is 1. The molecule has 1 aromatic heterocycles. The minimum Gasteiger partial charge on any atom is -0.507 e. The number of esters is 1. The lowest BCUT2D eigenvalue weighted by molar-refractivity contribution is -0.132. The van der Waals surface area contributed by atoms with Crippen molar-refractivity contribution in [3.63, 3.8) is 0 Å². The Morgan fingerprint density at radius 2 is 1.97 bits per heavy atom. The molecule has 1 unspecified atom stereocenters. The third-order valence-corrected chi connectivity index (χ3v) is 7.14. The molecule has 0 saturated carbocycles. The zero-order chi connectivity index (χ0) is 26.1. The second kappa shape index (κ2) is 10.1. The number of benzene rings is 2. The van der Waals surface area contributed by atoms with Gasteiger partial charge in [0, 0.05) is 10.6 Å². The average molecular weight is 523 g/mol. The number of amides is 1.